The van der Waals surface area contributed by atoms with Crippen molar-refractivity contribution < 1.29 is 0 Å². The lowest BCUT2D eigenvalue weighted by Crippen LogP contribution is -2.50. The quantitative estimate of drug-likeness (QED) is 0.240. The zero-order valence-electron chi connectivity index (χ0n) is 22.2. The number of nitrogens with zero attached hydrogens (tertiary/aromatic N) is 4. The minimum absolute atomic E-state index is 0.127. The number of aliphatic imine (C=N–C) groups is 1. The minimum Gasteiger partial charge on any atom is -0.358 e. The van der Waals surface area contributed by atoms with Crippen LogP contribution in [-0.2, 0) is 0 Å². The van der Waals surface area contributed by atoms with Gasteiger partial charge in [-0.15, -0.1) is 0 Å². The predicted molar refractivity (Wildman–Crippen MR) is 161 cm³/mol. The number of fused-ring (bicyclic) bond motifs is 1. The fourth-order valence-electron chi connectivity index (χ4n) is 4.92. The maximum Gasteiger partial charge on any atom is 0.101 e. The van der Waals surface area contributed by atoms with Gasteiger partial charge < -0.3 is 9.47 Å². The van der Waals surface area contributed by atoms with E-state index in [0.717, 1.165) is 60.4 Å². The average molecular weight is 491 g/mol. The van der Waals surface area contributed by atoms with E-state index in [-0.39, 0.29) is 6.04 Å². The monoisotopic (exact) mass is 490 g/mol. The molecule has 190 valence electrons. The summed E-state index contributed by atoms with van der Waals surface area (Å²) in [7, 11) is 0. The summed E-state index contributed by atoms with van der Waals surface area (Å²) < 4.78 is 2.31. The van der Waals surface area contributed by atoms with Gasteiger partial charge in [0, 0.05) is 60.4 Å². The first-order chi connectivity index (χ1) is 17.9. The topological polar surface area (TPSA) is 23.8 Å². The average Bonchev–Trinajstić information content (AvgIpc) is 3.17. The van der Waals surface area contributed by atoms with Crippen molar-refractivity contribution in [2.75, 3.05) is 32.7 Å². The minimum atomic E-state index is 0.127. The lowest BCUT2D eigenvalue weighted by atomic mass is 10.1. The molecule has 1 unspecified atom stereocenters. The van der Waals surface area contributed by atoms with Crippen molar-refractivity contribution in [2.24, 2.45) is 4.99 Å². The molecule has 4 rings (SSSR count). The molecule has 1 saturated heterocycles. The molecule has 1 aliphatic heterocycles. The van der Waals surface area contributed by atoms with Crippen LogP contribution >= 0.6 is 0 Å². The number of hydrogen-bond acceptors (Lipinski definition) is 2. The van der Waals surface area contributed by atoms with Gasteiger partial charge in [-0.05, 0) is 30.6 Å². The Balaban J connectivity index is 1.54. The Morgan fingerprint density at radius 2 is 1.51 bits per heavy atom. The molecule has 1 fully saturated rings. The van der Waals surface area contributed by atoms with Crippen LogP contribution in [-0.4, -0.2) is 52.9 Å². The standard InChI is InChI=1S/C33H38N4/c1-7-30(25(2)3)23-34-28(6)36-21-19-35(20-22-36)24-31(18-17-29-13-9-8-10-14-29)37-26(4)32-15-11-12-16-33(32)27(37)5/h7-18,23,31H,1-2,4-5,19-22,24H2,3,6H3/b18-17+,30-23+,34-28?. The highest BCUT2D eigenvalue weighted by molar-refractivity contribution is 5.83. The summed E-state index contributed by atoms with van der Waals surface area (Å²) in [6, 6.07) is 19.0. The molecule has 1 aromatic heterocycles. The molecule has 0 N–H and O–H groups in total. The highest BCUT2D eigenvalue weighted by Crippen LogP contribution is 2.16. The van der Waals surface area contributed by atoms with Gasteiger partial charge in [-0.25, -0.2) is 4.99 Å². The van der Waals surface area contributed by atoms with E-state index in [0.29, 0.717) is 0 Å². The van der Waals surface area contributed by atoms with Gasteiger partial charge in [0.1, 0.15) is 5.84 Å². The van der Waals surface area contributed by atoms with Crippen molar-refractivity contribution in [3.63, 3.8) is 0 Å². The zero-order valence-corrected chi connectivity index (χ0v) is 22.2. The van der Waals surface area contributed by atoms with E-state index in [4.69, 9.17) is 0 Å². The van der Waals surface area contributed by atoms with Crippen molar-refractivity contribution in [1.82, 2.24) is 14.4 Å². The molecule has 0 saturated carbocycles. The van der Waals surface area contributed by atoms with Crippen molar-refractivity contribution in [3.8, 4) is 0 Å². The first-order valence-electron chi connectivity index (χ1n) is 12.9. The summed E-state index contributed by atoms with van der Waals surface area (Å²) in [5.41, 5.74) is 3.13. The highest BCUT2D eigenvalue weighted by atomic mass is 15.3. The molecular formula is C33H38N4. The van der Waals surface area contributed by atoms with Crippen LogP contribution in [0.2, 0.25) is 0 Å². The van der Waals surface area contributed by atoms with Crippen LogP contribution < -0.4 is 10.7 Å². The predicted octanol–water partition coefficient (Wildman–Crippen LogP) is 5.40. The van der Waals surface area contributed by atoms with Gasteiger partial charge in [0.25, 0.3) is 0 Å². The van der Waals surface area contributed by atoms with E-state index < -0.39 is 0 Å². The van der Waals surface area contributed by atoms with Crippen LogP contribution in [0.4, 0.5) is 0 Å². The van der Waals surface area contributed by atoms with E-state index >= 15 is 0 Å². The maximum absolute atomic E-state index is 4.68. The highest BCUT2D eigenvalue weighted by Gasteiger charge is 2.22. The fraction of sp³-hybridized carbons (Fsp3) is 0.242. The molecule has 2 heterocycles. The Hall–Kier alpha value is -3.89. The molecule has 0 aliphatic carbocycles. The molecule has 1 aliphatic rings. The Morgan fingerprint density at radius 1 is 0.919 bits per heavy atom. The van der Waals surface area contributed by atoms with Crippen molar-refractivity contribution in [3.05, 3.63) is 114 Å². The lowest BCUT2D eigenvalue weighted by Gasteiger charge is -2.37. The second kappa shape index (κ2) is 11.9. The molecule has 3 aromatic rings. The number of benzene rings is 2. The Bertz CT molecular complexity index is 1400. The van der Waals surface area contributed by atoms with E-state index in [2.05, 4.69) is 113 Å². The Kier molecular flexibility index (Phi) is 8.42. The van der Waals surface area contributed by atoms with E-state index in [1.807, 2.05) is 19.2 Å². The van der Waals surface area contributed by atoms with Gasteiger partial charge in [-0.1, -0.05) is 99.1 Å². The van der Waals surface area contributed by atoms with Gasteiger partial charge in [-0.2, -0.15) is 0 Å². The molecule has 2 aromatic carbocycles. The van der Waals surface area contributed by atoms with Crippen LogP contribution in [0.1, 0.15) is 25.5 Å². The zero-order chi connectivity index (χ0) is 26.4. The van der Waals surface area contributed by atoms with Crippen molar-refractivity contribution in [2.45, 2.75) is 19.9 Å². The number of piperazine rings is 1. The van der Waals surface area contributed by atoms with Crippen LogP contribution in [0.3, 0.4) is 0 Å². The second-order valence-corrected chi connectivity index (χ2v) is 9.68. The number of amidine groups is 1. The summed E-state index contributed by atoms with van der Waals surface area (Å²) in [5, 5.41) is 4.38. The number of aromatic nitrogens is 1. The number of hydrogen-bond donors (Lipinski definition) is 0. The molecule has 1 atom stereocenters. The lowest BCUT2D eigenvalue weighted by molar-refractivity contribution is 0.168. The molecule has 4 nitrogen and oxygen atoms in total. The number of rotatable bonds is 8. The van der Waals surface area contributed by atoms with Crippen LogP contribution in [0, 0.1) is 0 Å². The summed E-state index contributed by atoms with van der Waals surface area (Å²) >= 11 is 0. The first-order valence-corrected chi connectivity index (χ1v) is 12.9. The third kappa shape index (κ3) is 6.10. The van der Waals surface area contributed by atoms with Crippen molar-refractivity contribution in [1.29, 1.82) is 0 Å². The molecular weight excluding hydrogens is 452 g/mol. The Morgan fingerprint density at radius 3 is 2.08 bits per heavy atom. The summed E-state index contributed by atoms with van der Waals surface area (Å²) in [6.45, 7) is 25.5. The van der Waals surface area contributed by atoms with Crippen LogP contribution in [0.25, 0.3) is 30.0 Å². The Labute approximate surface area is 221 Å². The number of allylic oxidation sites excluding steroid dienone is 3. The molecule has 4 heteroatoms. The molecule has 0 bridgehead atoms. The van der Waals surface area contributed by atoms with E-state index in [1.54, 1.807) is 6.08 Å². The first kappa shape index (κ1) is 26.2. The molecule has 37 heavy (non-hydrogen) atoms. The van der Waals surface area contributed by atoms with E-state index in [1.165, 1.54) is 16.3 Å². The third-order valence-corrected chi connectivity index (χ3v) is 7.15. The van der Waals surface area contributed by atoms with E-state index in [9.17, 15) is 0 Å². The molecule has 0 amide bonds. The van der Waals surface area contributed by atoms with Crippen LogP contribution in [0.5, 0.6) is 0 Å². The second-order valence-electron chi connectivity index (χ2n) is 9.68. The van der Waals surface area contributed by atoms with Gasteiger partial charge in [0.2, 0.25) is 0 Å². The van der Waals surface area contributed by atoms with Gasteiger partial charge in [0.15, 0.2) is 0 Å². The summed E-state index contributed by atoms with van der Waals surface area (Å²) in [6.07, 6.45) is 8.19. The SMILES string of the molecule is C=C/C(=C\N=C(C)N1CCN(CC(/C=C/c2ccccc2)n2c(=C)c3ccccc3c2=C)CC1)C(=C)C. The normalized spacial score (nSPS) is 16.4. The van der Waals surface area contributed by atoms with Gasteiger partial charge >= 0.3 is 0 Å². The molecule has 0 radical (unpaired) electrons. The third-order valence-electron chi connectivity index (χ3n) is 7.15. The summed E-state index contributed by atoms with van der Waals surface area (Å²) in [5.74, 6) is 1.03. The van der Waals surface area contributed by atoms with Crippen LogP contribution in [0.15, 0.2) is 102 Å². The molecule has 0 spiro atoms. The van der Waals surface area contributed by atoms with Crippen molar-refractivity contribution >= 4 is 35.8 Å². The fourth-order valence-corrected chi connectivity index (χ4v) is 4.92. The largest absolute Gasteiger partial charge is 0.358 e. The smallest absolute Gasteiger partial charge is 0.101 e. The van der Waals surface area contributed by atoms with Gasteiger partial charge in [-0.3, -0.25) is 4.90 Å². The summed E-state index contributed by atoms with van der Waals surface area (Å²) in [4.78, 5) is 9.57. The van der Waals surface area contributed by atoms with Gasteiger partial charge in [0.05, 0.1) is 6.04 Å². The maximum atomic E-state index is 4.68.